The highest BCUT2D eigenvalue weighted by Gasteiger charge is 2.09. The molecular formula is C16H16N4OS. The first kappa shape index (κ1) is 14.6. The van der Waals surface area contributed by atoms with Crippen LogP contribution in [0, 0.1) is 6.92 Å². The zero-order valence-corrected chi connectivity index (χ0v) is 13.2. The molecule has 112 valence electrons. The van der Waals surface area contributed by atoms with Crippen molar-refractivity contribution in [1.82, 2.24) is 20.2 Å². The zero-order chi connectivity index (χ0) is 15.4. The molecule has 0 amide bonds. The number of thioether (sulfide) groups is 1. The molecule has 6 heteroatoms. The zero-order valence-electron chi connectivity index (χ0n) is 12.4. The van der Waals surface area contributed by atoms with Crippen LogP contribution >= 0.6 is 11.8 Å². The molecule has 2 aromatic carbocycles. The predicted octanol–water partition coefficient (Wildman–Crippen LogP) is 3.27. The maximum atomic E-state index is 5.24. The average Bonchev–Trinajstić information content (AvgIpc) is 3.02. The second-order valence-corrected chi connectivity index (χ2v) is 5.79. The van der Waals surface area contributed by atoms with Crippen molar-refractivity contribution in [3.8, 4) is 11.4 Å². The Balaban J connectivity index is 1.76. The van der Waals surface area contributed by atoms with E-state index in [1.54, 1.807) is 23.6 Å². The Labute approximate surface area is 133 Å². The second kappa shape index (κ2) is 6.62. The number of methoxy groups -OCH3 is 1. The summed E-state index contributed by atoms with van der Waals surface area (Å²) in [6.45, 7) is 2.06. The van der Waals surface area contributed by atoms with Gasteiger partial charge in [-0.25, -0.2) is 0 Å². The van der Waals surface area contributed by atoms with Crippen LogP contribution in [0.15, 0.2) is 53.7 Å². The van der Waals surface area contributed by atoms with Gasteiger partial charge in [0.2, 0.25) is 5.16 Å². The van der Waals surface area contributed by atoms with E-state index in [9.17, 15) is 0 Å². The van der Waals surface area contributed by atoms with Crippen molar-refractivity contribution in [1.29, 1.82) is 0 Å². The second-order valence-electron chi connectivity index (χ2n) is 4.85. The van der Waals surface area contributed by atoms with Crippen LogP contribution in [0.5, 0.6) is 5.75 Å². The van der Waals surface area contributed by atoms with Gasteiger partial charge in [-0.15, -0.1) is 5.10 Å². The van der Waals surface area contributed by atoms with Gasteiger partial charge in [-0.05, 0) is 47.2 Å². The lowest BCUT2D eigenvalue weighted by atomic mass is 10.2. The Morgan fingerprint density at radius 1 is 1.14 bits per heavy atom. The summed E-state index contributed by atoms with van der Waals surface area (Å²) in [5.41, 5.74) is 3.34. The maximum Gasteiger partial charge on any atom is 0.214 e. The van der Waals surface area contributed by atoms with Gasteiger partial charge in [0.1, 0.15) is 5.75 Å². The minimum atomic E-state index is 0.770. The minimum Gasteiger partial charge on any atom is -0.497 e. The van der Waals surface area contributed by atoms with E-state index in [2.05, 4.69) is 28.5 Å². The highest BCUT2D eigenvalue weighted by atomic mass is 32.2. The fourth-order valence-electron chi connectivity index (χ4n) is 2.03. The van der Waals surface area contributed by atoms with E-state index in [1.165, 1.54) is 11.1 Å². The smallest absolute Gasteiger partial charge is 0.214 e. The molecule has 1 aromatic heterocycles. The van der Waals surface area contributed by atoms with Crippen LogP contribution in [-0.4, -0.2) is 27.3 Å². The van der Waals surface area contributed by atoms with Crippen LogP contribution in [0.3, 0.4) is 0 Å². The van der Waals surface area contributed by atoms with Crippen LogP contribution in [-0.2, 0) is 5.75 Å². The van der Waals surface area contributed by atoms with E-state index in [0.29, 0.717) is 0 Å². The normalized spacial score (nSPS) is 10.6. The van der Waals surface area contributed by atoms with E-state index >= 15 is 0 Å². The van der Waals surface area contributed by atoms with Gasteiger partial charge in [0.05, 0.1) is 12.8 Å². The Kier molecular flexibility index (Phi) is 4.39. The number of nitrogens with zero attached hydrogens (tertiary/aromatic N) is 4. The number of hydrogen-bond acceptors (Lipinski definition) is 5. The quantitative estimate of drug-likeness (QED) is 0.677. The molecule has 3 rings (SSSR count). The van der Waals surface area contributed by atoms with Crippen molar-refractivity contribution in [2.75, 3.05) is 7.11 Å². The van der Waals surface area contributed by atoms with Crippen molar-refractivity contribution >= 4 is 11.8 Å². The van der Waals surface area contributed by atoms with Crippen molar-refractivity contribution in [2.45, 2.75) is 17.8 Å². The average molecular weight is 312 g/mol. The first-order valence-electron chi connectivity index (χ1n) is 6.87. The lowest BCUT2D eigenvalue weighted by Gasteiger charge is -2.06. The van der Waals surface area contributed by atoms with Crippen LogP contribution in [0.2, 0.25) is 0 Å². The fraction of sp³-hybridized carbons (Fsp3) is 0.188. The Bertz CT molecular complexity index is 755. The van der Waals surface area contributed by atoms with Gasteiger partial charge in [-0.3, -0.25) is 0 Å². The summed E-state index contributed by atoms with van der Waals surface area (Å²) in [4.78, 5) is 0. The topological polar surface area (TPSA) is 52.8 Å². The van der Waals surface area contributed by atoms with E-state index in [0.717, 1.165) is 22.3 Å². The highest BCUT2D eigenvalue weighted by Crippen LogP contribution is 2.24. The molecule has 0 radical (unpaired) electrons. The molecule has 1 heterocycles. The van der Waals surface area contributed by atoms with E-state index in [-0.39, 0.29) is 0 Å². The highest BCUT2D eigenvalue weighted by molar-refractivity contribution is 7.98. The van der Waals surface area contributed by atoms with Crippen LogP contribution in [0.25, 0.3) is 5.69 Å². The molecule has 22 heavy (non-hydrogen) atoms. The molecule has 0 aliphatic heterocycles. The summed E-state index contributed by atoms with van der Waals surface area (Å²) < 4.78 is 7.00. The molecule has 0 saturated carbocycles. The van der Waals surface area contributed by atoms with Gasteiger partial charge in [-0.2, -0.15) is 4.68 Å². The maximum absolute atomic E-state index is 5.24. The van der Waals surface area contributed by atoms with E-state index in [4.69, 9.17) is 4.74 Å². The summed E-state index contributed by atoms with van der Waals surface area (Å²) in [6, 6.07) is 16.1. The number of aryl methyl sites for hydroxylation is 1. The third-order valence-electron chi connectivity index (χ3n) is 3.22. The summed E-state index contributed by atoms with van der Waals surface area (Å²) >= 11 is 1.60. The first-order chi connectivity index (χ1) is 10.8. The molecule has 3 aromatic rings. The molecule has 0 fully saturated rings. The molecule has 0 unspecified atom stereocenters. The number of aromatic nitrogens is 4. The number of benzene rings is 2. The lowest BCUT2D eigenvalue weighted by molar-refractivity contribution is 0.414. The van der Waals surface area contributed by atoms with Gasteiger partial charge in [-0.1, -0.05) is 41.6 Å². The van der Waals surface area contributed by atoms with Crippen molar-refractivity contribution < 1.29 is 4.74 Å². The van der Waals surface area contributed by atoms with Gasteiger partial charge in [0, 0.05) is 5.75 Å². The third-order valence-corrected chi connectivity index (χ3v) is 4.21. The van der Waals surface area contributed by atoms with Crippen molar-refractivity contribution in [3.05, 3.63) is 59.7 Å². The molecular weight excluding hydrogens is 296 g/mol. The van der Waals surface area contributed by atoms with E-state index < -0.39 is 0 Å². The molecule has 0 bridgehead atoms. The molecule has 0 atom stereocenters. The van der Waals surface area contributed by atoms with Crippen molar-refractivity contribution in [3.63, 3.8) is 0 Å². The van der Waals surface area contributed by atoms with Gasteiger partial charge in [0.15, 0.2) is 0 Å². The molecule has 0 aliphatic rings. The molecule has 5 nitrogen and oxygen atoms in total. The number of rotatable bonds is 5. The summed E-state index contributed by atoms with van der Waals surface area (Å²) in [5.74, 6) is 1.64. The fourth-order valence-corrected chi connectivity index (χ4v) is 2.86. The van der Waals surface area contributed by atoms with Crippen LogP contribution in [0.4, 0.5) is 0 Å². The number of hydrogen-bond donors (Lipinski definition) is 0. The van der Waals surface area contributed by atoms with Gasteiger partial charge >= 0.3 is 0 Å². The van der Waals surface area contributed by atoms with Gasteiger partial charge < -0.3 is 4.74 Å². The number of tetrazole rings is 1. The molecule has 0 aliphatic carbocycles. The summed E-state index contributed by atoms with van der Waals surface area (Å²) in [6.07, 6.45) is 0. The first-order valence-corrected chi connectivity index (χ1v) is 7.86. The SMILES string of the molecule is COc1cccc(CSc2nnnn2-c2ccc(C)cc2)c1. The summed E-state index contributed by atoms with van der Waals surface area (Å²) in [5, 5.41) is 12.7. The van der Waals surface area contributed by atoms with Gasteiger partial charge in [0.25, 0.3) is 0 Å². The van der Waals surface area contributed by atoms with Crippen LogP contribution in [0.1, 0.15) is 11.1 Å². The minimum absolute atomic E-state index is 0.770. The largest absolute Gasteiger partial charge is 0.497 e. The number of ether oxygens (including phenoxy) is 1. The lowest BCUT2D eigenvalue weighted by Crippen LogP contribution is -1.99. The predicted molar refractivity (Wildman–Crippen MR) is 86.4 cm³/mol. The van der Waals surface area contributed by atoms with Crippen LogP contribution < -0.4 is 4.74 Å². The Morgan fingerprint density at radius 3 is 2.73 bits per heavy atom. The molecule has 0 saturated heterocycles. The molecule has 0 N–H and O–H groups in total. The standard InChI is InChI=1S/C16H16N4OS/c1-12-6-8-14(9-7-12)20-16(17-18-19-20)22-11-13-4-3-5-15(10-13)21-2/h3-10H,11H2,1-2H3. The third kappa shape index (κ3) is 3.28. The Hall–Kier alpha value is -2.34. The monoisotopic (exact) mass is 312 g/mol. The van der Waals surface area contributed by atoms with Crippen molar-refractivity contribution in [2.24, 2.45) is 0 Å². The molecule has 0 spiro atoms. The van der Waals surface area contributed by atoms with E-state index in [1.807, 2.05) is 42.5 Å². The Morgan fingerprint density at radius 2 is 1.95 bits per heavy atom. The summed E-state index contributed by atoms with van der Waals surface area (Å²) in [7, 11) is 1.67.